The van der Waals surface area contributed by atoms with E-state index in [1.165, 1.54) is 0 Å². The van der Waals surface area contributed by atoms with Crippen LogP contribution >= 0.6 is 11.6 Å². The maximum absolute atomic E-state index is 12.4. The van der Waals surface area contributed by atoms with Crippen LogP contribution in [0.1, 0.15) is 5.56 Å². The largest absolute Gasteiger partial charge is 0.353 e. The lowest BCUT2D eigenvalue weighted by molar-refractivity contribution is -0.117. The molecule has 3 heterocycles. The molecule has 2 aromatic heterocycles. The quantitative estimate of drug-likeness (QED) is 0.723. The Morgan fingerprint density at radius 1 is 1.21 bits per heavy atom. The number of aromatic nitrogens is 4. The molecular weight excluding hydrogens is 378 g/mol. The number of hydrogen-bond donors (Lipinski definition) is 1. The van der Waals surface area contributed by atoms with Gasteiger partial charge < -0.3 is 10.2 Å². The highest BCUT2D eigenvalue weighted by Gasteiger charge is 2.22. The Bertz CT molecular complexity index is 1010. The number of hydrogen-bond acceptors (Lipinski definition) is 6. The van der Waals surface area contributed by atoms with Crippen LogP contribution in [0.3, 0.4) is 0 Å². The first kappa shape index (κ1) is 18.6. The highest BCUT2D eigenvalue weighted by molar-refractivity contribution is 6.31. The number of benzene rings is 1. The van der Waals surface area contributed by atoms with E-state index in [0.29, 0.717) is 11.6 Å². The molecule has 28 heavy (non-hydrogen) atoms. The van der Waals surface area contributed by atoms with Crippen LogP contribution < -0.4 is 10.2 Å². The molecule has 1 fully saturated rings. The summed E-state index contributed by atoms with van der Waals surface area (Å²) in [4.78, 5) is 25.6. The fraction of sp³-hybridized carbons (Fsp3) is 0.368. The first-order chi connectivity index (χ1) is 13.5. The Kier molecular flexibility index (Phi) is 5.15. The zero-order chi connectivity index (χ0) is 19.7. The van der Waals surface area contributed by atoms with Crippen molar-refractivity contribution in [2.75, 3.05) is 42.9 Å². The lowest BCUT2D eigenvalue weighted by Crippen LogP contribution is -2.49. The summed E-state index contributed by atoms with van der Waals surface area (Å²) in [7, 11) is 1.87. The van der Waals surface area contributed by atoms with E-state index in [1.54, 1.807) is 17.2 Å². The molecule has 0 spiro atoms. The Labute approximate surface area is 168 Å². The predicted octanol–water partition coefficient (Wildman–Crippen LogP) is 2.09. The molecule has 1 aliphatic rings. The summed E-state index contributed by atoms with van der Waals surface area (Å²) in [6.45, 7) is 5.42. The molecule has 0 unspecified atom stereocenters. The van der Waals surface area contributed by atoms with Crippen molar-refractivity contribution >= 4 is 40.0 Å². The van der Waals surface area contributed by atoms with Crippen LogP contribution in [0.4, 0.5) is 11.5 Å². The molecule has 1 aliphatic heterocycles. The average molecular weight is 400 g/mol. The Morgan fingerprint density at radius 2 is 2.00 bits per heavy atom. The van der Waals surface area contributed by atoms with E-state index < -0.39 is 0 Å². The van der Waals surface area contributed by atoms with E-state index in [-0.39, 0.29) is 5.91 Å². The van der Waals surface area contributed by atoms with Crippen LogP contribution in [0.25, 0.3) is 11.0 Å². The normalized spacial score (nSPS) is 15.2. The van der Waals surface area contributed by atoms with Gasteiger partial charge in [0, 0.05) is 43.9 Å². The van der Waals surface area contributed by atoms with Gasteiger partial charge in [0.05, 0.1) is 18.1 Å². The van der Waals surface area contributed by atoms with Gasteiger partial charge in [-0.05, 0) is 24.6 Å². The third-order valence-electron chi connectivity index (χ3n) is 5.09. The van der Waals surface area contributed by atoms with Gasteiger partial charge in [0.15, 0.2) is 5.65 Å². The molecule has 1 amide bonds. The fourth-order valence-corrected chi connectivity index (χ4v) is 3.63. The van der Waals surface area contributed by atoms with Crippen molar-refractivity contribution in [3.05, 3.63) is 41.3 Å². The second-order valence-electron chi connectivity index (χ2n) is 6.93. The van der Waals surface area contributed by atoms with Crippen molar-refractivity contribution in [1.82, 2.24) is 24.6 Å². The smallest absolute Gasteiger partial charge is 0.238 e. The van der Waals surface area contributed by atoms with Crippen molar-refractivity contribution in [1.29, 1.82) is 0 Å². The van der Waals surface area contributed by atoms with Gasteiger partial charge in [0.2, 0.25) is 5.91 Å². The summed E-state index contributed by atoms with van der Waals surface area (Å²) in [6.07, 6.45) is 3.38. The third kappa shape index (κ3) is 3.65. The number of rotatable bonds is 4. The molecule has 0 saturated carbocycles. The monoisotopic (exact) mass is 399 g/mol. The Hall–Kier alpha value is -2.71. The number of piperazine rings is 1. The number of aryl methyl sites for hydroxylation is 1. The maximum atomic E-state index is 12.4. The van der Waals surface area contributed by atoms with Gasteiger partial charge in [-0.25, -0.2) is 9.97 Å². The summed E-state index contributed by atoms with van der Waals surface area (Å²) >= 11 is 6.12. The summed E-state index contributed by atoms with van der Waals surface area (Å²) < 4.78 is 1.75. The standard InChI is InChI=1S/C19H22ClN7O/c1-13-15(20)4-3-5-16(13)24-17(28)11-26-6-8-27(9-7-26)19-14-10-23-25(2)18(14)21-12-22-19/h3-5,10,12H,6-9,11H2,1-2H3,(H,24,28). The molecule has 4 rings (SSSR count). The van der Waals surface area contributed by atoms with Crippen LogP contribution in [0, 0.1) is 6.92 Å². The second-order valence-corrected chi connectivity index (χ2v) is 7.33. The molecule has 3 aromatic rings. The molecule has 1 N–H and O–H groups in total. The molecule has 9 heteroatoms. The van der Waals surface area contributed by atoms with Crippen molar-refractivity contribution in [2.24, 2.45) is 7.05 Å². The van der Waals surface area contributed by atoms with E-state index in [0.717, 1.165) is 54.3 Å². The first-order valence-corrected chi connectivity index (χ1v) is 9.55. The van der Waals surface area contributed by atoms with Crippen LogP contribution in [-0.4, -0.2) is 63.3 Å². The average Bonchev–Trinajstić information content (AvgIpc) is 3.07. The van der Waals surface area contributed by atoms with Crippen LogP contribution in [-0.2, 0) is 11.8 Å². The fourth-order valence-electron chi connectivity index (χ4n) is 3.46. The molecule has 8 nitrogen and oxygen atoms in total. The van der Waals surface area contributed by atoms with Gasteiger partial charge in [0.25, 0.3) is 0 Å². The first-order valence-electron chi connectivity index (χ1n) is 9.18. The summed E-state index contributed by atoms with van der Waals surface area (Å²) in [6, 6.07) is 5.52. The van der Waals surface area contributed by atoms with Gasteiger partial charge in [-0.3, -0.25) is 14.4 Å². The SMILES string of the molecule is Cc1c(Cl)cccc1NC(=O)CN1CCN(c2ncnc3c2cnn3C)CC1. The lowest BCUT2D eigenvalue weighted by Gasteiger charge is -2.35. The Morgan fingerprint density at radius 3 is 2.79 bits per heavy atom. The number of fused-ring (bicyclic) bond motifs is 1. The molecular formula is C19H22ClN7O. The van der Waals surface area contributed by atoms with Gasteiger partial charge in [-0.15, -0.1) is 0 Å². The summed E-state index contributed by atoms with van der Waals surface area (Å²) in [5.74, 6) is 0.868. The van der Waals surface area contributed by atoms with E-state index in [2.05, 4.69) is 30.2 Å². The summed E-state index contributed by atoms with van der Waals surface area (Å²) in [5.41, 5.74) is 2.46. The minimum Gasteiger partial charge on any atom is -0.353 e. The minimum absolute atomic E-state index is 0.0319. The van der Waals surface area contributed by atoms with Crippen LogP contribution in [0.2, 0.25) is 5.02 Å². The third-order valence-corrected chi connectivity index (χ3v) is 5.50. The number of carbonyl (C=O) groups excluding carboxylic acids is 1. The Balaban J connectivity index is 1.36. The predicted molar refractivity (Wildman–Crippen MR) is 110 cm³/mol. The molecule has 146 valence electrons. The van der Waals surface area contributed by atoms with Crippen molar-refractivity contribution in [3.8, 4) is 0 Å². The number of carbonyl (C=O) groups is 1. The van der Waals surface area contributed by atoms with E-state index in [9.17, 15) is 4.79 Å². The van der Waals surface area contributed by atoms with E-state index in [1.807, 2.05) is 32.2 Å². The van der Waals surface area contributed by atoms with Crippen molar-refractivity contribution < 1.29 is 4.79 Å². The lowest BCUT2D eigenvalue weighted by atomic mass is 10.2. The topological polar surface area (TPSA) is 79.2 Å². The van der Waals surface area contributed by atoms with Gasteiger partial charge >= 0.3 is 0 Å². The number of anilines is 2. The number of nitrogens with zero attached hydrogens (tertiary/aromatic N) is 6. The van der Waals surface area contributed by atoms with Gasteiger partial charge in [-0.1, -0.05) is 17.7 Å². The summed E-state index contributed by atoms with van der Waals surface area (Å²) in [5, 5.41) is 8.83. The minimum atomic E-state index is -0.0319. The molecule has 0 radical (unpaired) electrons. The molecule has 0 aliphatic carbocycles. The molecule has 0 atom stereocenters. The van der Waals surface area contributed by atoms with Gasteiger partial charge in [0.1, 0.15) is 12.1 Å². The van der Waals surface area contributed by atoms with Crippen molar-refractivity contribution in [2.45, 2.75) is 6.92 Å². The second kappa shape index (κ2) is 7.73. The van der Waals surface area contributed by atoms with Crippen LogP contribution in [0.15, 0.2) is 30.7 Å². The number of nitrogens with one attached hydrogen (secondary N) is 1. The molecule has 1 saturated heterocycles. The zero-order valence-electron chi connectivity index (χ0n) is 15.9. The molecule has 0 bridgehead atoms. The number of halogens is 1. The van der Waals surface area contributed by atoms with Crippen molar-refractivity contribution in [3.63, 3.8) is 0 Å². The highest BCUT2D eigenvalue weighted by atomic mass is 35.5. The molecule has 1 aromatic carbocycles. The van der Waals surface area contributed by atoms with E-state index in [4.69, 9.17) is 11.6 Å². The van der Waals surface area contributed by atoms with Crippen LogP contribution in [0.5, 0.6) is 0 Å². The van der Waals surface area contributed by atoms with E-state index >= 15 is 0 Å². The number of amides is 1. The zero-order valence-corrected chi connectivity index (χ0v) is 16.6. The maximum Gasteiger partial charge on any atom is 0.238 e. The van der Waals surface area contributed by atoms with Gasteiger partial charge in [-0.2, -0.15) is 5.10 Å². The highest BCUT2D eigenvalue weighted by Crippen LogP contribution is 2.24.